The van der Waals surface area contributed by atoms with Crippen LogP contribution < -0.4 is 11.2 Å². The molecule has 1 N–H and O–H groups in total. The van der Waals surface area contributed by atoms with Gasteiger partial charge in [0, 0.05) is 24.0 Å². The Balaban J connectivity index is 2.02. The van der Waals surface area contributed by atoms with Gasteiger partial charge in [-0.25, -0.2) is 9.78 Å². The van der Waals surface area contributed by atoms with Gasteiger partial charge in [-0.05, 0) is 15.9 Å². The molecule has 0 spiro atoms. The maximum absolute atomic E-state index is 11.6. The van der Waals surface area contributed by atoms with Gasteiger partial charge in [-0.3, -0.25) is 18.7 Å². The molecule has 6 nitrogen and oxygen atoms in total. The Morgan fingerprint density at radius 1 is 1.39 bits per heavy atom. The van der Waals surface area contributed by atoms with E-state index in [0.717, 1.165) is 10.7 Å². The zero-order valence-corrected chi connectivity index (χ0v) is 11.4. The van der Waals surface area contributed by atoms with Gasteiger partial charge in [0.05, 0.1) is 16.7 Å². The van der Waals surface area contributed by atoms with Crippen molar-refractivity contribution in [3.8, 4) is 0 Å². The fraction of sp³-hybridized carbons (Fsp3) is 0.100. The molecule has 0 bridgehead atoms. The topological polar surface area (TPSA) is 72.2 Å². The first-order chi connectivity index (χ1) is 8.63. The molecule has 0 amide bonds. The van der Waals surface area contributed by atoms with Crippen molar-refractivity contribution in [2.75, 3.05) is 0 Å². The molecule has 0 unspecified atom stereocenters. The summed E-state index contributed by atoms with van der Waals surface area (Å²) in [6, 6.07) is 0. The Kier molecular flexibility index (Phi) is 2.67. The fourth-order valence-electron chi connectivity index (χ4n) is 1.63. The van der Waals surface area contributed by atoms with Crippen LogP contribution in [0, 0.1) is 0 Å². The first kappa shape index (κ1) is 11.4. The summed E-state index contributed by atoms with van der Waals surface area (Å²) in [6.45, 7) is 0.322. The quantitative estimate of drug-likeness (QED) is 0.765. The van der Waals surface area contributed by atoms with E-state index < -0.39 is 11.2 Å². The molecule has 3 rings (SSSR count). The third kappa shape index (κ3) is 1.93. The molecule has 0 fully saturated rings. The lowest BCUT2D eigenvalue weighted by molar-refractivity contribution is 0.704. The molecule has 92 valence electrons. The van der Waals surface area contributed by atoms with E-state index in [1.807, 2.05) is 22.2 Å². The minimum absolute atomic E-state index is 0.322. The van der Waals surface area contributed by atoms with Crippen molar-refractivity contribution >= 4 is 32.2 Å². The summed E-state index contributed by atoms with van der Waals surface area (Å²) in [5.74, 6) is 0. The van der Waals surface area contributed by atoms with Crippen molar-refractivity contribution in [3.63, 3.8) is 0 Å². The van der Waals surface area contributed by atoms with Crippen molar-refractivity contribution in [2.45, 2.75) is 6.54 Å². The SMILES string of the molecule is O=c1[nH]c(=O)n(Cc2cn3ccsc3n2)cc1Br. The van der Waals surface area contributed by atoms with Crippen LogP contribution in [0.5, 0.6) is 0 Å². The number of nitrogens with one attached hydrogen (secondary N) is 1. The van der Waals surface area contributed by atoms with E-state index in [2.05, 4.69) is 25.9 Å². The standard InChI is InChI=1S/C10H7BrN4O2S/c11-7-5-15(9(17)13-8(7)16)4-6-3-14-1-2-18-10(14)12-6/h1-3,5H,4H2,(H,13,16,17). The Labute approximate surface area is 113 Å². The molecule has 0 aliphatic rings. The van der Waals surface area contributed by atoms with Gasteiger partial charge >= 0.3 is 5.69 Å². The maximum atomic E-state index is 11.6. The summed E-state index contributed by atoms with van der Waals surface area (Å²) in [6.07, 6.45) is 5.23. The summed E-state index contributed by atoms with van der Waals surface area (Å²) >= 11 is 4.62. The van der Waals surface area contributed by atoms with Crippen molar-refractivity contribution < 1.29 is 0 Å². The summed E-state index contributed by atoms with van der Waals surface area (Å²) in [4.78, 5) is 30.3. The summed E-state index contributed by atoms with van der Waals surface area (Å²) < 4.78 is 3.62. The maximum Gasteiger partial charge on any atom is 0.328 e. The molecular weight excluding hydrogens is 320 g/mol. The molecular formula is C10H7BrN4O2S. The van der Waals surface area contributed by atoms with Crippen LogP contribution in [0.1, 0.15) is 5.69 Å². The predicted octanol–water partition coefficient (Wildman–Crippen LogP) is 1.06. The highest BCUT2D eigenvalue weighted by Gasteiger charge is 2.06. The number of thiazole rings is 1. The minimum Gasteiger partial charge on any atom is -0.297 e. The van der Waals surface area contributed by atoms with E-state index in [0.29, 0.717) is 11.0 Å². The number of hydrogen-bond acceptors (Lipinski definition) is 4. The van der Waals surface area contributed by atoms with Crippen molar-refractivity contribution in [2.24, 2.45) is 0 Å². The third-order valence-corrected chi connectivity index (χ3v) is 3.78. The molecule has 0 saturated carbocycles. The van der Waals surface area contributed by atoms with E-state index in [4.69, 9.17) is 0 Å². The first-order valence-electron chi connectivity index (χ1n) is 5.04. The second-order valence-electron chi connectivity index (χ2n) is 3.69. The largest absolute Gasteiger partial charge is 0.328 e. The molecule has 8 heteroatoms. The molecule has 0 radical (unpaired) electrons. The Morgan fingerprint density at radius 3 is 3.00 bits per heavy atom. The molecule has 18 heavy (non-hydrogen) atoms. The molecule has 3 aromatic rings. The lowest BCUT2D eigenvalue weighted by Gasteiger charge is -2.02. The number of fused-ring (bicyclic) bond motifs is 1. The number of imidazole rings is 1. The van der Waals surface area contributed by atoms with E-state index in [9.17, 15) is 9.59 Å². The van der Waals surface area contributed by atoms with Crippen LogP contribution in [0.15, 0.2) is 38.0 Å². The number of rotatable bonds is 2. The van der Waals surface area contributed by atoms with Crippen LogP contribution in [0.25, 0.3) is 4.96 Å². The first-order valence-corrected chi connectivity index (χ1v) is 6.71. The van der Waals surface area contributed by atoms with E-state index in [1.165, 1.54) is 22.1 Å². The van der Waals surface area contributed by atoms with Gasteiger partial charge in [-0.1, -0.05) is 0 Å². The number of halogens is 1. The Hall–Kier alpha value is -1.67. The summed E-state index contributed by atoms with van der Waals surface area (Å²) in [5.41, 5.74) is -0.107. The van der Waals surface area contributed by atoms with Crippen molar-refractivity contribution in [1.82, 2.24) is 18.9 Å². The van der Waals surface area contributed by atoms with Gasteiger partial charge in [0.25, 0.3) is 5.56 Å². The van der Waals surface area contributed by atoms with Crippen LogP contribution in [0.4, 0.5) is 0 Å². The van der Waals surface area contributed by atoms with Gasteiger partial charge < -0.3 is 0 Å². The number of hydrogen-bond donors (Lipinski definition) is 1. The molecule has 0 aromatic carbocycles. The zero-order chi connectivity index (χ0) is 12.7. The van der Waals surface area contributed by atoms with Crippen LogP contribution in [0.3, 0.4) is 0 Å². The molecule has 0 atom stereocenters. The summed E-state index contributed by atoms with van der Waals surface area (Å²) in [7, 11) is 0. The highest BCUT2D eigenvalue weighted by atomic mass is 79.9. The van der Waals surface area contributed by atoms with Crippen LogP contribution in [0.2, 0.25) is 0 Å². The average molecular weight is 327 g/mol. The third-order valence-electron chi connectivity index (χ3n) is 2.44. The average Bonchev–Trinajstić information content (AvgIpc) is 2.86. The normalized spacial score (nSPS) is 11.2. The van der Waals surface area contributed by atoms with E-state index in [-0.39, 0.29) is 0 Å². The van der Waals surface area contributed by atoms with Gasteiger partial charge in [-0.2, -0.15) is 0 Å². The van der Waals surface area contributed by atoms with E-state index >= 15 is 0 Å². The van der Waals surface area contributed by atoms with E-state index in [1.54, 1.807) is 0 Å². The second-order valence-corrected chi connectivity index (χ2v) is 5.42. The highest BCUT2D eigenvalue weighted by Crippen LogP contribution is 2.11. The minimum atomic E-state index is -0.445. The zero-order valence-electron chi connectivity index (χ0n) is 8.96. The van der Waals surface area contributed by atoms with Gasteiger partial charge in [0.1, 0.15) is 0 Å². The van der Waals surface area contributed by atoms with Crippen LogP contribution in [-0.4, -0.2) is 18.9 Å². The highest BCUT2D eigenvalue weighted by molar-refractivity contribution is 9.10. The van der Waals surface area contributed by atoms with Crippen LogP contribution >= 0.6 is 27.3 Å². The van der Waals surface area contributed by atoms with Gasteiger partial charge in [-0.15, -0.1) is 11.3 Å². The Morgan fingerprint density at radius 2 is 2.22 bits per heavy atom. The molecule has 3 heterocycles. The number of nitrogens with zero attached hydrogens (tertiary/aromatic N) is 3. The monoisotopic (exact) mass is 326 g/mol. The lowest BCUT2D eigenvalue weighted by Crippen LogP contribution is -2.30. The molecule has 0 aliphatic heterocycles. The molecule has 3 aromatic heterocycles. The number of aromatic amines is 1. The number of H-pyrrole nitrogens is 1. The fourth-order valence-corrected chi connectivity index (χ4v) is 2.69. The number of aromatic nitrogens is 4. The second kappa shape index (κ2) is 4.21. The smallest absolute Gasteiger partial charge is 0.297 e. The van der Waals surface area contributed by atoms with Gasteiger partial charge in [0.15, 0.2) is 4.96 Å². The summed E-state index contributed by atoms with van der Waals surface area (Å²) in [5, 5.41) is 1.94. The van der Waals surface area contributed by atoms with Gasteiger partial charge in [0.2, 0.25) is 0 Å². The van der Waals surface area contributed by atoms with Crippen LogP contribution in [-0.2, 0) is 6.54 Å². The van der Waals surface area contributed by atoms with Crippen molar-refractivity contribution in [1.29, 1.82) is 0 Å². The predicted molar refractivity (Wildman–Crippen MR) is 71.2 cm³/mol. The van der Waals surface area contributed by atoms with Crippen molar-refractivity contribution in [3.05, 3.63) is 55.0 Å². The molecule has 0 aliphatic carbocycles. The Bertz CT molecular complexity index is 800. The molecule has 0 saturated heterocycles. The lowest BCUT2D eigenvalue weighted by atomic mass is 10.4.